The summed E-state index contributed by atoms with van der Waals surface area (Å²) in [6, 6.07) is 0. The van der Waals surface area contributed by atoms with Crippen molar-refractivity contribution in [1.82, 2.24) is 0 Å². The van der Waals surface area contributed by atoms with Gasteiger partial charge in [-0.1, -0.05) is 25.7 Å². The molecule has 0 saturated heterocycles. The van der Waals surface area contributed by atoms with E-state index < -0.39 is 0 Å². The first kappa shape index (κ1) is 12.5. The number of esters is 1. The second kappa shape index (κ2) is 6.83. The molecule has 0 amide bonds. The second-order valence-electron chi connectivity index (χ2n) is 4.43. The van der Waals surface area contributed by atoms with Gasteiger partial charge >= 0.3 is 5.97 Å². The molecule has 0 radical (unpaired) electrons. The van der Waals surface area contributed by atoms with Crippen molar-refractivity contribution in [3.63, 3.8) is 0 Å². The Hall–Kier alpha value is -0.570. The zero-order valence-electron chi connectivity index (χ0n) is 9.58. The molecule has 0 aromatic carbocycles. The van der Waals surface area contributed by atoms with Crippen LogP contribution in [-0.4, -0.2) is 24.3 Å². The highest BCUT2D eigenvalue weighted by Gasteiger charge is 2.21. The van der Waals surface area contributed by atoms with Gasteiger partial charge in [-0.15, -0.1) is 0 Å². The Labute approximate surface area is 91.8 Å². The lowest BCUT2D eigenvalue weighted by molar-refractivity contribution is -0.141. The lowest BCUT2D eigenvalue weighted by Gasteiger charge is -2.20. The molecule has 1 saturated carbocycles. The number of hydrogen-bond acceptors (Lipinski definition) is 3. The van der Waals surface area contributed by atoms with Crippen LogP contribution in [0.1, 0.15) is 51.4 Å². The SMILES string of the molecule is COC(=O)CCC(O)C1CCCCCC1. The van der Waals surface area contributed by atoms with Gasteiger partial charge in [-0.25, -0.2) is 0 Å². The highest BCUT2D eigenvalue weighted by Crippen LogP contribution is 2.27. The van der Waals surface area contributed by atoms with Crippen LogP contribution >= 0.6 is 0 Å². The van der Waals surface area contributed by atoms with E-state index in [1.54, 1.807) is 0 Å². The molecule has 88 valence electrons. The number of hydrogen-bond donors (Lipinski definition) is 1. The van der Waals surface area contributed by atoms with E-state index in [2.05, 4.69) is 4.74 Å². The molecule has 3 nitrogen and oxygen atoms in total. The molecule has 1 rings (SSSR count). The largest absolute Gasteiger partial charge is 0.469 e. The van der Waals surface area contributed by atoms with Gasteiger partial charge in [0.25, 0.3) is 0 Å². The quantitative estimate of drug-likeness (QED) is 0.577. The van der Waals surface area contributed by atoms with Gasteiger partial charge in [0.05, 0.1) is 13.2 Å². The third kappa shape index (κ3) is 4.65. The molecule has 15 heavy (non-hydrogen) atoms. The molecule has 1 unspecified atom stereocenters. The third-order valence-corrected chi connectivity index (χ3v) is 3.32. The summed E-state index contributed by atoms with van der Waals surface area (Å²) in [6.45, 7) is 0. The summed E-state index contributed by atoms with van der Waals surface area (Å²) in [5.74, 6) is 0.180. The molecule has 3 heteroatoms. The van der Waals surface area contributed by atoms with Crippen LogP contribution < -0.4 is 0 Å². The fourth-order valence-electron chi connectivity index (χ4n) is 2.30. The van der Waals surface area contributed by atoms with Gasteiger partial charge in [-0.05, 0) is 25.2 Å². The van der Waals surface area contributed by atoms with Gasteiger partial charge in [0, 0.05) is 6.42 Å². The first-order chi connectivity index (χ1) is 7.24. The molecule has 0 heterocycles. The van der Waals surface area contributed by atoms with E-state index in [1.807, 2.05) is 0 Å². The highest BCUT2D eigenvalue weighted by atomic mass is 16.5. The van der Waals surface area contributed by atoms with Crippen LogP contribution in [0.2, 0.25) is 0 Å². The molecule has 0 spiro atoms. The Kier molecular flexibility index (Phi) is 5.69. The summed E-state index contributed by atoms with van der Waals surface area (Å²) in [5.41, 5.74) is 0. The molecular formula is C12H22O3. The monoisotopic (exact) mass is 214 g/mol. The lowest BCUT2D eigenvalue weighted by atomic mass is 9.91. The summed E-state index contributed by atoms with van der Waals surface area (Å²) in [5, 5.41) is 9.94. The number of carbonyl (C=O) groups is 1. The Bertz CT molecular complexity index is 183. The number of methoxy groups -OCH3 is 1. The topological polar surface area (TPSA) is 46.5 Å². The second-order valence-corrected chi connectivity index (χ2v) is 4.43. The van der Waals surface area contributed by atoms with E-state index in [9.17, 15) is 9.90 Å². The van der Waals surface area contributed by atoms with Crippen LogP contribution in [0.3, 0.4) is 0 Å². The van der Waals surface area contributed by atoms with Crippen molar-refractivity contribution in [1.29, 1.82) is 0 Å². The highest BCUT2D eigenvalue weighted by molar-refractivity contribution is 5.69. The Morgan fingerprint density at radius 3 is 2.47 bits per heavy atom. The van der Waals surface area contributed by atoms with E-state index in [4.69, 9.17) is 0 Å². The van der Waals surface area contributed by atoms with Gasteiger partial charge in [-0.2, -0.15) is 0 Å². The zero-order valence-corrected chi connectivity index (χ0v) is 9.58. The maximum absolute atomic E-state index is 10.9. The predicted octanol–water partition coefficient (Wildman–Crippen LogP) is 2.27. The van der Waals surface area contributed by atoms with E-state index in [0.29, 0.717) is 18.8 Å². The van der Waals surface area contributed by atoms with Crippen molar-refractivity contribution in [2.75, 3.05) is 7.11 Å². The summed E-state index contributed by atoms with van der Waals surface area (Å²) >= 11 is 0. The van der Waals surface area contributed by atoms with E-state index in [1.165, 1.54) is 32.8 Å². The molecule has 1 atom stereocenters. The molecule has 0 aromatic rings. The maximum Gasteiger partial charge on any atom is 0.305 e. The fourth-order valence-corrected chi connectivity index (χ4v) is 2.30. The minimum Gasteiger partial charge on any atom is -0.469 e. The summed E-state index contributed by atoms with van der Waals surface area (Å²) in [4.78, 5) is 10.9. The van der Waals surface area contributed by atoms with E-state index in [0.717, 1.165) is 12.8 Å². The van der Waals surface area contributed by atoms with Crippen molar-refractivity contribution in [2.24, 2.45) is 5.92 Å². The Balaban J connectivity index is 2.24. The average molecular weight is 214 g/mol. The predicted molar refractivity (Wildman–Crippen MR) is 58.4 cm³/mol. The van der Waals surface area contributed by atoms with Crippen molar-refractivity contribution in [3.8, 4) is 0 Å². The number of aliphatic hydroxyl groups excluding tert-OH is 1. The molecule has 1 fully saturated rings. The number of aliphatic hydroxyl groups is 1. The molecule has 1 aliphatic rings. The van der Waals surface area contributed by atoms with Gasteiger partial charge < -0.3 is 9.84 Å². The zero-order chi connectivity index (χ0) is 11.1. The van der Waals surface area contributed by atoms with Crippen LogP contribution in [0, 0.1) is 5.92 Å². The molecule has 0 aromatic heterocycles. The normalized spacial score (nSPS) is 20.7. The molecule has 1 N–H and O–H groups in total. The first-order valence-electron chi connectivity index (χ1n) is 5.99. The van der Waals surface area contributed by atoms with E-state index in [-0.39, 0.29) is 12.1 Å². The van der Waals surface area contributed by atoms with Gasteiger partial charge in [-0.3, -0.25) is 4.79 Å². The molecule has 0 aliphatic heterocycles. The van der Waals surface area contributed by atoms with Crippen LogP contribution in [0.15, 0.2) is 0 Å². The summed E-state index contributed by atoms with van der Waals surface area (Å²) < 4.78 is 4.56. The standard InChI is InChI=1S/C12H22O3/c1-15-12(14)9-8-11(13)10-6-4-2-3-5-7-10/h10-11,13H,2-9H2,1H3. The van der Waals surface area contributed by atoms with Crippen LogP contribution in [-0.2, 0) is 9.53 Å². The van der Waals surface area contributed by atoms with Crippen molar-refractivity contribution < 1.29 is 14.6 Å². The van der Waals surface area contributed by atoms with Crippen molar-refractivity contribution >= 4 is 5.97 Å². The number of ether oxygens (including phenoxy) is 1. The Morgan fingerprint density at radius 1 is 1.33 bits per heavy atom. The molecular weight excluding hydrogens is 192 g/mol. The van der Waals surface area contributed by atoms with Crippen LogP contribution in [0.4, 0.5) is 0 Å². The molecule has 1 aliphatic carbocycles. The number of carbonyl (C=O) groups excluding carboxylic acids is 1. The summed E-state index contributed by atoms with van der Waals surface area (Å²) in [6.07, 6.45) is 7.83. The first-order valence-corrected chi connectivity index (χ1v) is 5.99. The smallest absolute Gasteiger partial charge is 0.305 e. The lowest BCUT2D eigenvalue weighted by Crippen LogP contribution is -2.21. The van der Waals surface area contributed by atoms with Crippen molar-refractivity contribution in [2.45, 2.75) is 57.5 Å². The van der Waals surface area contributed by atoms with Crippen molar-refractivity contribution in [3.05, 3.63) is 0 Å². The average Bonchev–Trinajstić information content (AvgIpc) is 2.53. The van der Waals surface area contributed by atoms with E-state index >= 15 is 0 Å². The minimum atomic E-state index is -0.317. The van der Waals surface area contributed by atoms with Crippen LogP contribution in [0.25, 0.3) is 0 Å². The van der Waals surface area contributed by atoms with Crippen LogP contribution in [0.5, 0.6) is 0 Å². The van der Waals surface area contributed by atoms with Gasteiger partial charge in [0.2, 0.25) is 0 Å². The van der Waals surface area contributed by atoms with Gasteiger partial charge in [0.15, 0.2) is 0 Å². The Morgan fingerprint density at radius 2 is 1.93 bits per heavy atom. The third-order valence-electron chi connectivity index (χ3n) is 3.32. The molecule has 0 bridgehead atoms. The fraction of sp³-hybridized carbons (Fsp3) is 0.917. The number of rotatable bonds is 4. The maximum atomic E-state index is 10.9. The summed E-state index contributed by atoms with van der Waals surface area (Å²) in [7, 11) is 1.39. The minimum absolute atomic E-state index is 0.220. The van der Waals surface area contributed by atoms with Gasteiger partial charge in [0.1, 0.15) is 0 Å².